The zero-order valence-corrected chi connectivity index (χ0v) is 12.2. The molecule has 2 rings (SSSR count). The lowest BCUT2D eigenvalue weighted by atomic mass is 10.1. The zero-order chi connectivity index (χ0) is 14.2. The van der Waals surface area contributed by atoms with Gasteiger partial charge in [0, 0.05) is 18.7 Å². The second-order valence-electron chi connectivity index (χ2n) is 4.65. The van der Waals surface area contributed by atoms with Crippen LogP contribution in [0.25, 0.3) is 0 Å². The normalized spacial score (nSPS) is 20.6. The quantitative estimate of drug-likeness (QED) is 0.789. The highest BCUT2D eigenvalue weighted by atomic mass is 32.2. The summed E-state index contributed by atoms with van der Waals surface area (Å²) in [7, 11) is -3.56. The maximum absolute atomic E-state index is 12.4. The molecule has 1 aromatic carbocycles. The molecule has 1 atom stereocenters. The van der Waals surface area contributed by atoms with E-state index >= 15 is 0 Å². The largest absolute Gasteiger partial charge is 0.392 e. The van der Waals surface area contributed by atoms with Crippen LogP contribution in [0.1, 0.15) is 17.5 Å². The molecule has 1 unspecified atom stereocenters. The van der Waals surface area contributed by atoms with Gasteiger partial charge in [-0.05, 0) is 31.0 Å². The Morgan fingerprint density at radius 1 is 1.53 bits per heavy atom. The van der Waals surface area contributed by atoms with Gasteiger partial charge in [0.15, 0.2) is 0 Å². The number of rotatable bonds is 3. The Morgan fingerprint density at radius 2 is 2.21 bits per heavy atom. The van der Waals surface area contributed by atoms with Gasteiger partial charge in [0.05, 0.1) is 11.0 Å². The van der Waals surface area contributed by atoms with E-state index in [9.17, 15) is 13.5 Å². The maximum atomic E-state index is 12.4. The van der Waals surface area contributed by atoms with Crippen LogP contribution in [0, 0.1) is 6.92 Å². The number of hydrogen-bond donors (Lipinski definition) is 2. The van der Waals surface area contributed by atoms with Crippen molar-refractivity contribution < 1.29 is 13.5 Å². The Hall–Kier alpha value is -1.02. The number of hydrogen-bond acceptors (Lipinski definition) is 4. The molecule has 0 aliphatic carbocycles. The molecule has 1 aliphatic heterocycles. The lowest BCUT2D eigenvalue weighted by Crippen LogP contribution is -2.30. The van der Waals surface area contributed by atoms with E-state index in [-0.39, 0.29) is 16.4 Å². The van der Waals surface area contributed by atoms with Crippen molar-refractivity contribution in [2.75, 3.05) is 13.1 Å². The molecule has 1 aromatic rings. The Balaban J connectivity index is 2.38. The molecule has 0 radical (unpaired) electrons. The first kappa shape index (κ1) is 14.4. The summed E-state index contributed by atoms with van der Waals surface area (Å²) in [6.07, 6.45) is -0.102. The van der Waals surface area contributed by atoms with Crippen LogP contribution in [0.15, 0.2) is 23.1 Å². The lowest BCUT2D eigenvalue weighted by molar-refractivity contribution is 0.189. The first-order valence-electron chi connectivity index (χ1n) is 5.91. The number of sulfonamides is 1. The van der Waals surface area contributed by atoms with Crippen molar-refractivity contribution in [3.63, 3.8) is 0 Å². The minimum Gasteiger partial charge on any atom is -0.392 e. The number of nitrogens with two attached hydrogens (primary N) is 1. The average molecular weight is 300 g/mol. The number of nitrogens with zero attached hydrogens (tertiary/aromatic N) is 1. The molecule has 1 fully saturated rings. The fraction of sp³-hybridized carbons (Fsp3) is 0.417. The molecule has 19 heavy (non-hydrogen) atoms. The topological polar surface area (TPSA) is 83.6 Å². The highest BCUT2D eigenvalue weighted by Gasteiger charge is 2.32. The van der Waals surface area contributed by atoms with Gasteiger partial charge in [-0.25, -0.2) is 8.42 Å². The van der Waals surface area contributed by atoms with Crippen LogP contribution < -0.4 is 5.73 Å². The standard InChI is InChI=1S/C12H16N2O3S2/c1-8-6-9(12(13)18)2-3-11(8)19(16,17)14-5-4-10(15)7-14/h2-3,6,10,15H,4-5,7H2,1H3,(H2,13,18). The third-order valence-electron chi connectivity index (χ3n) is 3.20. The van der Waals surface area contributed by atoms with Crippen LogP contribution in [0.3, 0.4) is 0 Å². The van der Waals surface area contributed by atoms with E-state index < -0.39 is 16.1 Å². The molecule has 1 saturated heterocycles. The van der Waals surface area contributed by atoms with Crippen molar-refractivity contribution in [2.24, 2.45) is 5.73 Å². The molecule has 0 saturated carbocycles. The van der Waals surface area contributed by atoms with Gasteiger partial charge in [-0.15, -0.1) is 0 Å². The molecule has 1 aliphatic rings. The monoisotopic (exact) mass is 300 g/mol. The minimum absolute atomic E-state index is 0.152. The van der Waals surface area contributed by atoms with Gasteiger partial charge in [0.1, 0.15) is 4.99 Å². The molecule has 7 heteroatoms. The number of aryl methyl sites for hydroxylation is 1. The number of aliphatic hydroxyl groups excluding tert-OH is 1. The zero-order valence-electron chi connectivity index (χ0n) is 10.5. The summed E-state index contributed by atoms with van der Waals surface area (Å²) >= 11 is 4.87. The molecule has 0 bridgehead atoms. The first-order valence-corrected chi connectivity index (χ1v) is 7.76. The number of aliphatic hydroxyl groups is 1. The van der Waals surface area contributed by atoms with E-state index in [1.54, 1.807) is 19.1 Å². The third-order valence-corrected chi connectivity index (χ3v) is 5.46. The van der Waals surface area contributed by atoms with Crippen molar-refractivity contribution >= 4 is 27.2 Å². The van der Waals surface area contributed by atoms with E-state index in [0.717, 1.165) is 0 Å². The molecule has 3 N–H and O–H groups in total. The summed E-state index contributed by atoms with van der Waals surface area (Å²) in [4.78, 5) is 0.477. The molecule has 104 valence electrons. The Bertz CT molecular complexity index is 613. The van der Waals surface area contributed by atoms with E-state index in [0.29, 0.717) is 24.1 Å². The molecule has 0 amide bonds. The smallest absolute Gasteiger partial charge is 0.243 e. The van der Waals surface area contributed by atoms with Crippen molar-refractivity contribution in [1.82, 2.24) is 4.31 Å². The van der Waals surface area contributed by atoms with Crippen molar-refractivity contribution in [1.29, 1.82) is 0 Å². The summed E-state index contributed by atoms with van der Waals surface area (Å²) < 4.78 is 26.2. The number of β-amino-alcohol motifs (C(OH)–C–C–N with tert-alkyl or cyclic N) is 1. The van der Waals surface area contributed by atoms with Gasteiger partial charge >= 0.3 is 0 Å². The van der Waals surface area contributed by atoms with Gasteiger partial charge in [-0.2, -0.15) is 4.31 Å². The second kappa shape index (κ2) is 5.16. The second-order valence-corrected chi connectivity index (χ2v) is 7.00. The molecule has 0 spiro atoms. The fourth-order valence-electron chi connectivity index (χ4n) is 2.16. The summed E-state index contributed by atoms with van der Waals surface area (Å²) in [5.74, 6) is 0. The van der Waals surface area contributed by atoms with Gasteiger partial charge < -0.3 is 10.8 Å². The van der Waals surface area contributed by atoms with Crippen LogP contribution >= 0.6 is 12.2 Å². The van der Waals surface area contributed by atoms with Gasteiger partial charge in [-0.1, -0.05) is 18.3 Å². The van der Waals surface area contributed by atoms with Crippen LogP contribution in [0.5, 0.6) is 0 Å². The highest BCUT2D eigenvalue weighted by molar-refractivity contribution is 7.89. The summed E-state index contributed by atoms with van der Waals surface area (Å²) in [5.41, 5.74) is 6.77. The predicted octanol–water partition coefficient (Wildman–Crippen LogP) is 0.385. The molecule has 1 heterocycles. The van der Waals surface area contributed by atoms with E-state index in [1.807, 2.05) is 0 Å². The van der Waals surface area contributed by atoms with E-state index in [1.165, 1.54) is 10.4 Å². The van der Waals surface area contributed by atoms with Crippen LogP contribution in [-0.2, 0) is 10.0 Å². The number of thiocarbonyl (C=S) groups is 1. The van der Waals surface area contributed by atoms with Gasteiger partial charge in [-0.3, -0.25) is 0 Å². The summed E-state index contributed by atoms with van der Waals surface area (Å²) in [6.45, 7) is 2.21. The lowest BCUT2D eigenvalue weighted by Gasteiger charge is -2.17. The van der Waals surface area contributed by atoms with Gasteiger partial charge in [0.25, 0.3) is 0 Å². The summed E-state index contributed by atoms with van der Waals surface area (Å²) in [6, 6.07) is 4.79. The third kappa shape index (κ3) is 2.79. The molecule has 0 aromatic heterocycles. The maximum Gasteiger partial charge on any atom is 0.243 e. The Morgan fingerprint density at radius 3 is 2.68 bits per heavy atom. The average Bonchev–Trinajstić information content (AvgIpc) is 2.76. The van der Waals surface area contributed by atoms with E-state index in [2.05, 4.69) is 0 Å². The van der Waals surface area contributed by atoms with Gasteiger partial charge in [0.2, 0.25) is 10.0 Å². The number of benzene rings is 1. The predicted molar refractivity (Wildman–Crippen MR) is 76.4 cm³/mol. The molecular weight excluding hydrogens is 284 g/mol. The Kier molecular flexibility index (Phi) is 3.91. The molecule has 5 nitrogen and oxygen atoms in total. The van der Waals surface area contributed by atoms with Crippen molar-refractivity contribution in [3.8, 4) is 0 Å². The van der Waals surface area contributed by atoms with Crippen molar-refractivity contribution in [3.05, 3.63) is 29.3 Å². The minimum atomic E-state index is -3.56. The van der Waals surface area contributed by atoms with E-state index in [4.69, 9.17) is 18.0 Å². The first-order chi connectivity index (χ1) is 8.82. The van der Waals surface area contributed by atoms with Crippen LogP contribution in [-0.4, -0.2) is 42.0 Å². The van der Waals surface area contributed by atoms with Crippen molar-refractivity contribution in [2.45, 2.75) is 24.3 Å². The van der Waals surface area contributed by atoms with Crippen LogP contribution in [0.2, 0.25) is 0 Å². The Labute approximate surface area is 118 Å². The SMILES string of the molecule is Cc1cc(C(N)=S)ccc1S(=O)(=O)N1CCC(O)C1. The van der Waals surface area contributed by atoms with Crippen LogP contribution in [0.4, 0.5) is 0 Å². The molecular formula is C12H16N2O3S2. The highest BCUT2D eigenvalue weighted by Crippen LogP contribution is 2.24. The fourth-order valence-corrected chi connectivity index (χ4v) is 3.99. The summed E-state index contributed by atoms with van der Waals surface area (Å²) in [5, 5.41) is 9.46.